The Morgan fingerprint density at radius 3 is 2.72 bits per heavy atom. The molecule has 1 aromatic carbocycles. The molecule has 0 saturated carbocycles. The van der Waals surface area contributed by atoms with E-state index in [9.17, 15) is 9.59 Å². The summed E-state index contributed by atoms with van der Waals surface area (Å²) in [6.07, 6.45) is 7.12. The van der Waals surface area contributed by atoms with Crippen molar-refractivity contribution in [2.75, 3.05) is 27.2 Å². The Balaban J connectivity index is 1.58. The van der Waals surface area contributed by atoms with Gasteiger partial charge in [-0.05, 0) is 47.2 Å². The highest BCUT2D eigenvalue weighted by atomic mass is 16.2. The Labute approximate surface area is 188 Å². The van der Waals surface area contributed by atoms with E-state index in [0.29, 0.717) is 31.1 Å². The van der Waals surface area contributed by atoms with Crippen LogP contribution in [-0.2, 0) is 11.3 Å². The van der Waals surface area contributed by atoms with Gasteiger partial charge in [0.15, 0.2) is 0 Å². The maximum absolute atomic E-state index is 12.8. The predicted molar refractivity (Wildman–Crippen MR) is 126 cm³/mol. The second kappa shape index (κ2) is 9.02. The number of carbonyl (C=O) groups is 2. The number of benzene rings is 1. The van der Waals surface area contributed by atoms with Crippen molar-refractivity contribution >= 4 is 28.3 Å². The fourth-order valence-corrected chi connectivity index (χ4v) is 4.25. The maximum atomic E-state index is 12.8. The third-order valence-electron chi connectivity index (χ3n) is 6.02. The van der Waals surface area contributed by atoms with Gasteiger partial charge in [0.25, 0.3) is 5.91 Å². The van der Waals surface area contributed by atoms with Crippen molar-refractivity contribution < 1.29 is 9.59 Å². The number of nitrogens with one attached hydrogen (secondary N) is 1. The van der Waals surface area contributed by atoms with Crippen LogP contribution in [0.4, 0.5) is 0 Å². The molecule has 4 rings (SSSR count). The standard InChI is InChI=1S/C25H31N5O2/c1-17(2)20-13-19(14-22-21(20)15-23(27-22)25(32)28(3)4)18-7-5-10-29(16-18)24(31)8-12-30-11-6-9-26-30/h6-7,9,11,13-15,17,27H,5,8,10,12,16H2,1-4H3. The molecule has 0 unspecified atom stereocenters. The molecule has 32 heavy (non-hydrogen) atoms. The molecule has 0 aliphatic carbocycles. The molecule has 168 valence electrons. The summed E-state index contributed by atoms with van der Waals surface area (Å²) in [5.74, 6) is 0.421. The lowest BCUT2D eigenvalue weighted by Crippen LogP contribution is -2.36. The van der Waals surface area contributed by atoms with E-state index in [1.807, 2.05) is 23.2 Å². The van der Waals surface area contributed by atoms with Crippen LogP contribution in [-0.4, -0.2) is 63.6 Å². The Bertz CT molecular complexity index is 1150. The number of carbonyl (C=O) groups excluding carboxylic acids is 2. The molecule has 2 amide bonds. The van der Waals surface area contributed by atoms with Crippen molar-refractivity contribution in [3.8, 4) is 0 Å². The quantitative estimate of drug-likeness (QED) is 0.641. The van der Waals surface area contributed by atoms with Gasteiger partial charge in [0.2, 0.25) is 5.91 Å². The summed E-state index contributed by atoms with van der Waals surface area (Å²) in [5, 5.41) is 5.26. The first-order chi connectivity index (χ1) is 15.3. The number of amides is 2. The Morgan fingerprint density at radius 1 is 1.22 bits per heavy atom. The topological polar surface area (TPSA) is 74.2 Å². The zero-order valence-electron chi connectivity index (χ0n) is 19.3. The van der Waals surface area contributed by atoms with Crippen LogP contribution >= 0.6 is 0 Å². The van der Waals surface area contributed by atoms with Crippen LogP contribution in [0.3, 0.4) is 0 Å². The van der Waals surface area contributed by atoms with Crippen LogP contribution in [0.25, 0.3) is 16.5 Å². The highest BCUT2D eigenvalue weighted by molar-refractivity contribution is 5.99. The van der Waals surface area contributed by atoms with Gasteiger partial charge in [-0.2, -0.15) is 5.10 Å². The molecule has 1 aliphatic rings. The van der Waals surface area contributed by atoms with E-state index in [1.54, 1.807) is 29.9 Å². The zero-order chi connectivity index (χ0) is 22.8. The second-order valence-corrected chi connectivity index (χ2v) is 8.92. The highest BCUT2D eigenvalue weighted by Gasteiger charge is 2.21. The molecule has 0 radical (unpaired) electrons. The normalized spacial score (nSPS) is 14.2. The molecule has 0 fully saturated rings. The lowest BCUT2D eigenvalue weighted by molar-refractivity contribution is -0.131. The predicted octanol–water partition coefficient (Wildman–Crippen LogP) is 3.90. The van der Waals surface area contributed by atoms with Crippen molar-refractivity contribution in [1.82, 2.24) is 24.6 Å². The van der Waals surface area contributed by atoms with Gasteiger partial charge in [-0.1, -0.05) is 26.0 Å². The van der Waals surface area contributed by atoms with E-state index >= 15 is 0 Å². The monoisotopic (exact) mass is 433 g/mol. The largest absolute Gasteiger partial charge is 0.350 e. The van der Waals surface area contributed by atoms with Gasteiger partial charge in [-0.15, -0.1) is 0 Å². The van der Waals surface area contributed by atoms with Crippen molar-refractivity contribution in [3.63, 3.8) is 0 Å². The fraction of sp³-hybridized carbons (Fsp3) is 0.400. The molecule has 7 heteroatoms. The minimum Gasteiger partial charge on any atom is -0.350 e. The smallest absolute Gasteiger partial charge is 0.269 e. The molecule has 0 spiro atoms. The molecular weight excluding hydrogens is 402 g/mol. The molecule has 2 aromatic heterocycles. The summed E-state index contributed by atoms with van der Waals surface area (Å²) in [6, 6.07) is 8.15. The number of fused-ring (bicyclic) bond motifs is 1. The van der Waals surface area contributed by atoms with Crippen LogP contribution < -0.4 is 0 Å². The van der Waals surface area contributed by atoms with E-state index in [2.05, 4.69) is 42.1 Å². The Morgan fingerprint density at radius 2 is 2.03 bits per heavy atom. The maximum Gasteiger partial charge on any atom is 0.269 e. The number of rotatable bonds is 6. The molecule has 1 N–H and O–H groups in total. The molecule has 0 bridgehead atoms. The summed E-state index contributed by atoms with van der Waals surface area (Å²) < 4.78 is 1.79. The molecule has 0 saturated heterocycles. The molecule has 1 aliphatic heterocycles. The van der Waals surface area contributed by atoms with Gasteiger partial charge < -0.3 is 14.8 Å². The highest BCUT2D eigenvalue weighted by Crippen LogP contribution is 2.32. The van der Waals surface area contributed by atoms with E-state index in [0.717, 1.165) is 35.0 Å². The number of nitrogens with zero attached hydrogens (tertiary/aromatic N) is 4. The minimum absolute atomic E-state index is 0.0386. The summed E-state index contributed by atoms with van der Waals surface area (Å²) >= 11 is 0. The van der Waals surface area contributed by atoms with E-state index < -0.39 is 0 Å². The van der Waals surface area contributed by atoms with Gasteiger partial charge in [-0.25, -0.2) is 0 Å². The summed E-state index contributed by atoms with van der Waals surface area (Å²) in [6.45, 7) is 6.27. The molecule has 7 nitrogen and oxygen atoms in total. The fourth-order valence-electron chi connectivity index (χ4n) is 4.25. The van der Waals surface area contributed by atoms with Crippen LogP contribution in [0.15, 0.2) is 42.7 Å². The number of aromatic amines is 1. The first kappa shape index (κ1) is 21.9. The summed E-state index contributed by atoms with van der Waals surface area (Å²) in [7, 11) is 3.51. The second-order valence-electron chi connectivity index (χ2n) is 8.92. The first-order valence-electron chi connectivity index (χ1n) is 11.2. The number of hydrogen-bond donors (Lipinski definition) is 1. The van der Waals surface area contributed by atoms with E-state index in [-0.39, 0.29) is 11.8 Å². The van der Waals surface area contributed by atoms with Crippen LogP contribution in [0.1, 0.15) is 54.2 Å². The van der Waals surface area contributed by atoms with Gasteiger partial charge in [-0.3, -0.25) is 14.3 Å². The van der Waals surface area contributed by atoms with Crippen molar-refractivity contribution in [2.24, 2.45) is 0 Å². The molecular formula is C25H31N5O2. The van der Waals surface area contributed by atoms with E-state index in [1.165, 1.54) is 5.56 Å². The first-order valence-corrected chi connectivity index (χ1v) is 11.2. The Kier molecular flexibility index (Phi) is 6.17. The van der Waals surface area contributed by atoms with Crippen molar-refractivity contribution in [2.45, 2.75) is 39.2 Å². The molecule has 0 atom stereocenters. The third kappa shape index (κ3) is 4.47. The van der Waals surface area contributed by atoms with Crippen LogP contribution in [0, 0.1) is 0 Å². The van der Waals surface area contributed by atoms with Gasteiger partial charge >= 0.3 is 0 Å². The van der Waals surface area contributed by atoms with E-state index in [4.69, 9.17) is 0 Å². The average molecular weight is 434 g/mol. The van der Waals surface area contributed by atoms with Crippen LogP contribution in [0.2, 0.25) is 0 Å². The number of hydrogen-bond acceptors (Lipinski definition) is 3. The SMILES string of the molecule is CC(C)c1cc(C2=CCCN(C(=O)CCn3cccn3)C2)cc2[nH]c(C(=O)N(C)C)cc12. The molecule has 3 heterocycles. The zero-order valence-corrected chi connectivity index (χ0v) is 19.3. The summed E-state index contributed by atoms with van der Waals surface area (Å²) in [4.78, 5) is 32.1. The number of aryl methyl sites for hydroxylation is 1. The third-order valence-corrected chi connectivity index (χ3v) is 6.02. The van der Waals surface area contributed by atoms with Crippen molar-refractivity contribution in [1.29, 1.82) is 0 Å². The minimum atomic E-state index is -0.0386. The summed E-state index contributed by atoms with van der Waals surface area (Å²) in [5.41, 5.74) is 5.02. The van der Waals surface area contributed by atoms with Gasteiger partial charge in [0.1, 0.15) is 5.69 Å². The number of aromatic nitrogens is 3. The average Bonchev–Trinajstić information content (AvgIpc) is 3.45. The molecule has 3 aromatic rings. The Hall–Kier alpha value is -3.35. The van der Waals surface area contributed by atoms with Gasteiger partial charge in [0, 0.05) is 63.4 Å². The van der Waals surface area contributed by atoms with Gasteiger partial charge in [0.05, 0.1) is 0 Å². The lowest BCUT2D eigenvalue weighted by atomic mass is 9.92. The lowest BCUT2D eigenvalue weighted by Gasteiger charge is -2.28. The number of H-pyrrole nitrogens is 1. The van der Waals surface area contributed by atoms with Crippen molar-refractivity contribution in [3.05, 3.63) is 59.6 Å². The van der Waals surface area contributed by atoms with Crippen LogP contribution in [0.5, 0.6) is 0 Å².